The normalized spacial score (nSPS) is 16.0. The lowest BCUT2D eigenvalue weighted by Gasteiger charge is -2.24. The summed E-state index contributed by atoms with van der Waals surface area (Å²) in [6.07, 6.45) is 9.26. The Morgan fingerprint density at radius 2 is 2.08 bits per heavy atom. The second kappa shape index (κ2) is 9.25. The maximum Gasteiger partial charge on any atom is 0.191 e. The van der Waals surface area contributed by atoms with E-state index in [1.54, 1.807) is 0 Å². The van der Waals surface area contributed by atoms with Gasteiger partial charge in [-0.15, -0.1) is 24.0 Å². The molecular weight excluding hydrogens is 418 g/mol. The maximum atomic E-state index is 13.2. The van der Waals surface area contributed by atoms with Gasteiger partial charge in [0.25, 0.3) is 0 Å². The summed E-state index contributed by atoms with van der Waals surface area (Å²) in [7, 11) is 1.81. The lowest BCUT2D eigenvalue weighted by atomic mass is 9.96. The number of hydrogen-bond acceptors (Lipinski definition) is 1. The number of nitrogens with zero attached hydrogens (tertiary/aromatic N) is 1. The number of halogens is 2. The van der Waals surface area contributed by atoms with E-state index < -0.39 is 0 Å². The zero-order valence-electron chi connectivity index (χ0n) is 14.1. The third-order valence-corrected chi connectivity index (χ3v) is 4.59. The molecule has 1 aromatic carbocycles. The third kappa shape index (κ3) is 4.84. The van der Waals surface area contributed by atoms with Crippen LogP contribution in [0, 0.1) is 5.82 Å². The minimum absolute atomic E-state index is 0. The van der Waals surface area contributed by atoms with E-state index in [1.165, 1.54) is 49.8 Å². The molecule has 1 fully saturated rings. The average Bonchev–Trinajstić information content (AvgIpc) is 2.97. The van der Waals surface area contributed by atoms with E-state index in [2.05, 4.69) is 20.6 Å². The van der Waals surface area contributed by atoms with Gasteiger partial charge in [-0.25, -0.2) is 4.39 Å². The number of hydrogen-bond donors (Lipinski definition) is 3. The molecule has 0 unspecified atom stereocenters. The maximum absolute atomic E-state index is 13.2. The van der Waals surface area contributed by atoms with Gasteiger partial charge in [0, 0.05) is 36.7 Å². The van der Waals surface area contributed by atoms with Crippen LogP contribution in [-0.4, -0.2) is 30.6 Å². The number of aliphatic imine (C=N–C) groups is 1. The summed E-state index contributed by atoms with van der Waals surface area (Å²) >= 11 is 0. The molecule has 132 valence electrons. The summed E-state index contributed by atoms with van der Waals surface area (Å²) < 4.78 is 13.2. The smallest absolute Gasteiger partial charge is 0.191 e. The third-order valence-electron chi connectivity index (χ3n) is 4.59. The molecule has 0 bridgehead atoms. The van der Waals surface area contributed by atoms with Crippen LogP contribution in [0.1, 0.15) is 37.7 Å². The van der Waals surface area contributed by atoms with Gasteiger partial charge < -0.3 is 15.6 Å². The van der Waals surface area contributed by atoms with Crippen LogP contribution < -0.4 is 10.6 Å². The molecule has 6 heteroatoms. The minimum Gasteiger partial charge on any atom is -0.361 e. The Bertz CT molecular complexity index is 677. The SMILES string of the molecule is CN=C(NCCc1c[nH]c2cc(F)ccc12)NC1CCCCC1.I. The van der Waals surface area contributed by atoms with Crippen molar-refractivity contribution < 1.29 is 4.39 Å². The van der Waals surface area contributed by atoms with Crippen LogP contribution in [-0.2, 0) is 6.42 Å². The van der Waals surface area contributed by atoms with Crippen molar-refractivity contribution in [3.05, 3.63) is 35.8 Å². The van der Waals surface area contributed by atoms with Gasteiger partial charge in [-0.1, -0.05) is 19.3 Å². The largest absolute Gasteiger partial charge is 0.361 e. The number of rotatable bonds is 4. The van der Waals surface area contributed by atoms with E-state index >= 15 is 0 Å². The lowest BCUT2D eigenvalue weighted by molar-refractivity contribution is 0.410. The van der Waals surface area contributed by atoms with Crippen molar-refractivity contribution in [2.75, 3.05) is 13.6 Å². The van der Waals surface area contributed by atoms with Gasteiger partial charge in [-0.3, -0.25) is 4.99 Å². The van der Waals surface area contributed by atoms with Crippen molar-refractivity contribution >= 4 is 40.8 Å². The Kier molecular flexibility index (Phi) is 7.33. The molecule has 0 atom stereocenters. The number of nitrogens with one attached hydrogen (secondary N) is 3. The number of guanidine groups is 1. The lowest BCUT2D eigenvalue weighted by Crippen LogP contribution is -2.44. The Morgan fingerprint density at radius 1 is 1.29 bits per heavy atom. The average molecular weight is 444 g/mol. The van der Waals surface area contributed by atoms with E-state index in [4.69, 9.17) is 0 Å². The molecule has 0 radical (unpaired) electrons. The first-order chi connectivity index (χ1) is 11.3. The number of benzene rings is 1. The Morgan fingerprint density at radius 3 is 2.83 bits per heavy atom. The van der Waals surface area contributed by atoms with Gasteiger partial charge in [0.2, 0.25) is 0 Å². The molecule has 1 saturated carbocycles. The van der Waals surface area contributed by atoms with Crippen LogP contribution in [0.5, 0.6) is 0 Å². The first-order valence-corrected chi connectivity index (χ1v) is 8.49. The number of fused-ring (bicyclic) bond motifs is 1. The van der Waals surface area contributed by atoms with Gasteiger partial charge >= 0.3 is 0 Å². The number of aromatic nitrogens is 1. The van der Waals surface area contributed by atoms with Gasteiger partial charge in [0.15, 0.2) is 5.96 Å². The molecular formula is C18H26FIN4. The summed E-state index contributed by atoms with van der Waals surface area (Å²) in [4.78, 5) is 7.45. The fraction of sp³-hybridized carbons (Fsp3) is 0.500. The molecule has 4 nitrogen and oxygen atoms in total. The van der Waals surface area contributed by atoms with Gasteiger partial charge in [-0.2, -0.15) is 0 Å². The molecule has 24 heavy (non-hydrogen) atoms. The highest BCUT2D eigenvalue weighted by Gasteiger charge is 2.14. The van der Waals surface area contributed by atoms with Gasteiger partial charge in [-0.05, 0) is 43.0 Å². The fourth-order valence-electron chi connectivity index (χ4n) is 3.32. The van der Waals surface area contributed by atoms with E-state index in [0.29, 0.717) is 6.04 Å². The second-order valence-electron chi connectivity index (χ2n) is 6.23. The summed E-state index contributed by atoms with van der Waals surface area (Å²) in [5, 5.41) is 7.98. The molecule has 1 heterocycles. The summed E-state index contributed by atoms with van der Waals surface area (Å²) in [6.45, 7) is 0.802. The van der Waals surface area contributed by atoms with Crippen LogP contribution in [0.25, 0.3) is 10.9 Å². The highest BCUT2D eigenvalue weighted by Crippen LogP contribution is 2.19. The van der Waals surface area contributed by atoms with E-state index in [9.17, 15) is 4.39 Å². The first-order valence-electron chi connectivity index (χ1n) is 8.49. The molecule has 3 N–H and O–H groups in total. The highest BCUT2D eigenvalue weighted by molar-refractivity contribution is 14.0. The highest BCUT2D eigenvalue weighted by atomic mass is 127. The van der Waals surface area contributed by atoms with Crippen LogP contribution >= 0.6 is 24.0 Å². The minimum atomic E-state index is -0.207. The fourth-order valence-corrected chi connectivity index (χ4v) is 3.32. The molecule has 1 aromatic heterocycles. The number of aromatic amines is 1. The predicted molar refractivity (Wildman–Crippen MR) is 109 cm³/mol. The van der Waals surface area contributed by atoms with Crippen LogP contribution in [0.3, 0.4) is 0 Å². The summed E-state index contributed by atoms with van der Waals surface area (Å²) in [5.41, 5.74) is 2.05. The Balaban J connectivity index is 0.00000208. The topological polar surface area (TPSA) is 52.2 Å². The van der Waals surface area contributed by atoms with E-state index in [1.807, 2.05) is 19.3 Å². The standard InChI is InChI=1S/C18H25FN4.HI/c1-20-18(23-15-5-3-2-4-6-15)21-10-9-13-12-22-17-11-14(19)7-8-16(13)17;/h7-8,11-12,15,22H,2-6,9-10H2,1H3,(H2,20,21,23);1H. The summed E-state index contributed by atoms with van der Waals surface area (Å²) in [5.74, 6) is 0.670. The Labute approximate surface area is 159 Å². The molecule has 3 rings (SSSR count). The van der Waals surface area contributed by atoms with Gasteiger partial charge in [0.1, 0.15) is 5.82 Å². The van der Waals surface area contributed by atoms with Crippen molar-refractivity contribution in [3.63, 3.8) is 0 Å². The van der Waals surface area contributed by atoms with E-state index in [0.717, 1.165) is 29.8 Å². The van der Waals surface area contributed by atoms with Crippen molar-refractivity contribution in [1.29, 1.82) is 0 Å². The van der Waals surface area contributed by atoms with Crippen LogP contribution in [0.4, 0.5) is 4.39 Å². The van der Waals surface area contributed by atoms with Gasteiger partial charge in [0.05, 0.1) is 0 Å². The first kappa shape index (κ1) is 19.0. The summed E-state index contributed by atoms with van der Waals surface area (Å²) in [6, 6.07) is 5.43. The monoisotopic (exact) mass is 444 g/mol. The Hall–Kier alpha value is -1.31. The molecule has 0 saturated heterocycles. The molecule has 0 spiro atoms. The molecule has 1 aliphatic carbocycles. The zero-order valence-corrected chi connectivity index (χ0v) is 16.4. The van der Waals surface area contributed by atoms with E-state index in [-0.39, 0.29) is 29.8 Å². The molecule has 2 aromatic rings. The molecule has 1 aliphatic rings. The quantitative estimate of drug-likeness (QED) is 0.380. The van der Waals surface area contributed by atoms with Crippen molar-refractivity contribution in [2.45, 2.75) is 44.6 Å². The van der Waals surface area contributed by atoms with Crippen molar-refractivity contribution in [1.82, 2.24) is 15.6 Å². The second-order valence-corrected chi connectivity index (χ2v) is 6.23. The number of H-pyrrole nitrogens is 1. The van der Waals surface area contributed by atoms with Crippen LogP contribution in [0.15, 0.2) is 29.4 Å². The zero-order chi connectivity index (χ0) is 16.1. The van der Waals surface area contributed by atoms with Crippen molar-refractivity contribution in [3.8, 4) is 0 Å². The molecule has 0 amide bonds. The van der Waals surface area contributed by atoms with Crippen molar-refractivity contribution in [2.24, 2.45) is 4.99 Å². The molecule has 0 aliphatic heterocycles. The predicted octanol–water partition coefficient (Wildman–Crippen LogP) is 3.97. The van der Waals surface area contributed by atoms with Crippen LogP contribution in [0.2, 0.25) is 0 Å².